The number of thioether (sulfide) groups is 1. The van der Waals surface area contributed by atoms with Crippen LogP contribution in [0.15, 0.2) is 136 Å². The summed E-state index contributed by atoms with van der Waals surface area (Å²) in [5.41, 5.74) is 8.77. The molecule has 9 rings (SSSR count). The van der Waals surface area contributed by atoms with Crippen molar-refractivity contribution in [2.24, 2.45) is 0 Å². The predicted molar refractivity (Wildman–Crippen MR) is 408 cm³/mol. The molecular formula is C77H94F2N8O19S4. The van der Waals surface area contributed by atoms with Crippen LogP contribution in [0, 0.1) is 6.92 Å². The molecule has 4 aromatic rings. The van der Waals surface area contributed by atoms with Crippen molar-refractivity contribution in [2.45, 2.75) is 190 Å². The number of aryl methyl sites for hydroxylation is 2. The minimum absolute atomic E-state index is 0.0258. The first-order chi connectivity index (χ1) is 51.6. The molecule has 4 atom stereocenters. The number of allylic oxidation sites excluding steroid dienone is 9. The molecule has 4 heterocycles. The van der Waals surface area contributed by atoms with Gasteiger partial charge in [-0.1, -0.05) is 81.8 Å². The Hall–Kier alpha value is -8.99. The van der Waals surface area contributed by atoms with Crippen LogP contribution in [-0.2, 0) is 87.7 Å². The van der Waals surface area contributed by atoms with E-state index in [0.29, 0.717) is 67.8 Å². The highest BCUT2D eigenvalue weighted by Gasteiger charge is 2.47. The molecule has 2 unspecified atom stereocenters. The van der Waals surface area contributed by atoms with E-state index in [9.17, 15) is 91.2 Å². The lowest BCUT2D eigenvalue weighted by Crippen LogP contribution is -2.48. The first-order valence-corrected chi connectivity index (χ1v) is 42.0. The van der Waals surface area contributed by atoms with Gasteiger partial charge < -0.3 is 40.9 Å². The summed E-state index contributed by atoms with van der Waals surface area (Å²) in [6, 6.07) is 17.2. The van der Waals surface area contributed by atoms with Crippen LogP contribution in [0.1, 0.15) is 169 Å². The number of benzene rings is 3. The first kappa shape index (κ1) is 85.0. The number of nitrogens with one attached hydrogen (secondary N) is 4. The van der Waals surface area contributed by atoms with Crippen molar-refractivity contribution in [3.63, 3.8) is 0 Å². The minimum Gasteiger partial charge on any atom is -0.480 e. The lowest BCUT2D eigenvalue weighted by molar-refractivity contribution is -0.141. The number of rotatable bonds is 35. The van der Waals surface area contributed by atoms with Gasteiger partial charge in [-0.15, -0.1) is 11.8 Å². The number of pyridine rings is 1. The number of ether oxygens (including phenoxy) is 1. The highest BCUT2D eigenvalue weighted by molar-refractivity contribution is 8.00. The van der Waals surface area contributed by atoms with Gasteiger partial charge in [0.25, 0.3) is 42.2 Å². The summed E-state index contributed by atoms with van der Waals surface area (Å²) in [7, 11) is -13.0. The van der Waals surface area contributed by atoms with Crippen molar-refractivity contribution < 1.29 is 95.9 Å². The number of amides is 7. The Balaban J connectivity index is 0.806. The topological polar surface area (TPSA) is 400 Å². The Morgan fingerprint density at radius 2 is 1.45 bits per heavy atom. The third-order valence-electron chi connectivity index (χ3n) is 20.2. The van der Waals surface area contributed by atoms with Crippen LogP contribution in [0.3, 0.4) is 0 Å². The first-order valence-electron chi connectivity index (χ1n) is 36.3. The largest absolute Gasteiger partial charge is 0.480 e. The smallest absolute Gasteiger partial charge is 0.327 e. The fourth-order valence-corrected chi connectivity index (χ4v) is 17.2. The minimum atomic E-state index is -4.60. The van der Waals surface area contributed by atoms with Crippen molar-refractivity contribution >= 4 is 101 Å². The number of carbonyl (C=O) groups excluding carboxylic acids is 7. The molecule has 27 nitrogen and oxygen atoms in total. The van der Waals surface area contributed by atoms with Gasteiger partial charge in [-0.2, -0.15) is 25.3 Å². The molecular weight excluding hydrogens is 1510 g/mol. The van der Waals surface area contributed by atoms with E-state index in [4.69, 9.17) is 4.74 Å². The van der Waals surface area contributed by atoms with Crippen LogP contribution in [0.5, 0.6) is 5.75 Å². The van der Waals surface area contributed by atoms with Gasteiger partial charge in [0.2, 0.25) is 35.4 Å². The normalized spacial score (nSPS) is 19.5. The number of carboxylic acids is 1. The standard InChI is InChI=1S/C77H94F2N8O19S4/c1-47-16-25-58-57(15-8-10-37-108(97,98)99)59(75(4,5)60(58)39-47)26-20-51-13-12-14-52(21-28-65-76(6,7)61-41-56(110(103,104)105)24-27-63(61)85(65)35-9-11-38-109(100,101)102)70(51)106-55-22-17-50(18-23-55)19-29-66(88)81-34-36-86-69(91)42-64(73(86)94)107-45-62(74(95)96)84-68(90)31-30-67(89)82-44-54-40-53(32-33-80-54)71(92)83-49(3)72(93)87-46-77(78,79)43-48(87)2/h16-18,20-28,32-33,39-41,48-49,62,64H,8-15,19,29-31,34-38,42-46H2,1-7H3,(H,81,88)(H,82,89)(H,83,92)(H,84,90)(H,95,96)(H,97,98,99)(H,100,101,102)(H,103,104,105)/b26-20+,52-21+,65-28+/t48-,49+,62?,64?/m1/s1. The number of unbranched alkanes of at least 4 members (excludes halogenated alkanes) is 2. The maximum absolute atomic E-state index is 13.9. The molecule has 594 valence electrons. The van der Waals surface area contributed by atoms with Crippen molar-refractivity contribution in [2.75, 3.05) is 48.3 Å². The molecule has 0 radical (unpaired) electrons. The molecule has 1 aromatic heterocycles. The second-order valence-corrected chi connectivity index (χ2v) is 35.2. The Morgan fingerprint density at radius 1 is 0.755 bits per heavy atom. The van der Waals surface area contributed by atoms with Gasteiger partial charge in [0, 0.05) is 97.5 Å². The van der Waals surface area contributed by atoms with Crippen LogP contribution in [0.4, 0.5) is 14.5 Å². The molecule has 33 heteroatoms. The summed E-state index contributed by atoms with van der Waals surface area (Å²) < 4.78 is 136. The van der Waals surface area contributed by atoms with E-state index in [1.54, 1.807) is 18.2 Å². The Kier molecular flexibility index (Phi) is 27.5. The third-order valence-corrected chi connectivity index (χ3v) is 24.0. The van der Waals surface area contributed by atoms with Gasteiger partial charge in [-0.25, -0.2) is 13.6 Å². The number of aromatic nitrogens is 1. The second-order valence-electron chi connectivity index (χ2n) is 29.4. The second kappa shape index (κ2) is 35.6. The quantitative estimate of drug-likeness (QED) is 0.0121. The molecule has 2 fully saturated rings. The van der Waals surface area contributed by atoms with Gasteiger partial charge in [0.05, 0.1) is 40.4 Å². The molecule has 8 N–H and O–H groups in total. The van der Waals surface area contributed by atoms with Gasteiger partial charge in [0.1, 0.15) is 23.6 Å². The number of fused-ring (bicyclic) bond motifs is 2. The van der Waals surface area contributed by atoms with Crippen LogP contribution in [0.2, 0.25) is 0 Å². The lowest BCUT2D eigenvalue weighted by Gasteiger charge is -2.28. The summed E-state index contributed by atoms with van der Waals surface area (Å²) >= 11 is 0.858. The molecule has 3 aromatic carbocycles. The monoisotopic (exact) mass is 1600 g/mol. The number of likely N-dealkylation sites (tertiary alicyclic amines) is 2. The SMILES string of the molecule is Cc1ccc2c(c1)C(C)(C)C(/C=C/C1=C(Oc3ccc(CCC(=O)NCCN4C(=O)CC(SCC(NC(=O)CCC(=O)NCc5cc(C(=O)N[C@@H](C)C(=O)N6CC(F)(F)C[C@H]6C)ccn5)C(=O)O)C4=O)cc3)C(=C/C=C3/N(CCCCS(=O)(=O)O)c4ccc(S(=O)(=O)O)cc4C3(C)C)/CCC1)=C2CCCCS(=O)(=O)O. The van der Waals surface area contributed by atoms with E-state index >= 15 is 0 Å². The van der Waals surface area contributed by atoms with Crippen molar-refractivity contribution in [1.29, 1.82) is 0 Å². The molecule has 2 aliphatic carbocycles. The zero-order chi connectivity index (χ0) is 80.4. The Bertz CT molecular complexity index is 4770. The molecule has 5 aliphatic rings. The predicted octanol–water partition coefficient (Wildman–Crippen LogP) is 9.04. The molecule has 0 spiro atoms. The maximum atomic E-state index is 13.9. The van der Waals surface area contributed by atoms with E-state index in [0.717, 1.165) is 71.8 Å². The van der Waals surface area contributed by atoms with Crippen molar-refractivity contribution in [3.8, 4) is 5.75 Å². The summed E-state index contributed by atoms with van der Waals surface area (Å²) in [4.78, 5) is 111. The molecule has 0 saturated carbocycles. The summed E-state index contributed by atoms with van der Waals surface area (Å²) in [5.74, 6) is -8.84. The third kappa shape index (κ3) is 22.2. The average Bonchev–Trinajstić information content (AvgIpc) is 1.59. The van der Waals surface area contributed by atoms with E-state index in [2.05, 4.69) is 64.4 Å². The lowest BCUT2D eigenvalue weighted by atomic mass is 9.80. The number of aliphatic carboxylic acids is 1. The zero-order valence-electron chi connectivity index (χ0n) is 62.3. The van der Waals surface area contributed by atoms with Gasteiger partial charge in [-0.05, 0) is 172 Å². The number of carboxylic acid groups (broad SMARTS) is 1. The number of hydrogen-bond acceptors (Lipinski definition) is 18. The number of alkyl halides is 2. The summed E-state index contributed by atoms with van der Waals surface area (Å²) in [5, 5.41) is 19.1. The molecule has 110 heavy (non-hydrogen) atoms. The van der Waals surface area contributed by atoms with E-state index in [-0.39, 0.29) is 91.7 Å². The summed E-state index contributed by atoms with van der Waals surface area (Å²) in [6.45, 7) is 12.2. The fourth-order valence-electron chi connectivity index (χ4n) is 14.4. The fraction of sp³-hybridized carbons (Fsp3) is 0.468. The average molecular weight is 1600 g/mol. The number of carbonyl (C=O) groups is 8. The number of nitrogens with zero attached hydrogens (tertiary/aromatic N) is 4. The van der Waals surface area contributed by atoms with Crippen LogP contribution < -0.4 is 30.9 Å². The van der Waals surface area contributed by atoms with Crippen molar-refractivity contribution in [3.05, 3.63) is 171 Å². The number of hydrogen-bond donors (Lipinski definition) is 8. The molecule has 2 saturated heterocycles. The van der Waals surface area contributed by atoms with Crippen LogP contribution in [-0.4, -0.2) is 179 Å². The number of imide groups is 1. The maximum Gasteiger partial charge on any atom is 0.327 e. The highest BCUT2D eigenvalue weighted by Crippen LogP contribution is 2.51. The van der Waals surface area contributed by atoms with Crippen LogP contribution >= 0.6 is 11.8 Å². The van der Waals surface area contributed by atoms with Gasteiger partial charge >= 0.3 is 5.97 Å². The van der Waals surface area contributed by atoms with E-state index in [1.807, 2.05) is 56.0 Å². The van der Waals surface area contributed by atoms with E-state index < -0.39 is 137 Å². The van der Waals surface area contributed by atoms with Gasteiger partial charge in [-0.3, -0.25) is 57.1 Å². The Labute approximate surface area is 643 Å². The molecule has 3 aliphatic heterocycles. The zero-order valence-corrected chi connectivity index (χ0v) is 65.5. The van der Waals surface area contributed by atoms with Crippen LogP contribution in [0.25, 0.3) is 5.57 Å². The number of anilines is 1. The van der Waals surface area contributed by atoms with E-state index in [1.165, 1.54) is 44.3 Å². The number of halogens is 2. The van der Waals surface area contributed by atoms with Gasteiger partial charge in [0.15, 0.2) is 0 Å². The van der Waals surface area contributed by atoms with Crippen molar-refractivity contribution in [1.82, 2.24) is 36.1 Å². The molecule has 0 bridgehead atoms. The Morgan fingerprint density at radius 3 is 2.12 bits per heavy atom. The highest BCUT2D eigenvalue weighted by atomic mass is 32.2. The summed E-state index contributed by atoms with van der Waals surface area (Å²) in [6.07, 6.45) is 11.8. The molecule has 7 amide bonds.